The summed E-state index contributed by atoms with van der Waals surface area (Å²) in [4.78, 5) is 12.1. The topological polar surface area (TPSA) is 50.4 Å². The average Bonchev–Trinajstić information content (AvgIpc) is 2.58. The number of anilines is 1. The van der Waals surface area contributed by atoms with Crippen LogP contribution in [0, 0.1) is 0 Å². The van der Waals surface area contributed by atoms with E-state index in [0.717, 1.165) is 12.8 Å². The first-order chi connectivity index (χ1) is 11.9. The number of nitrogens with one attached hydrogen (secondary N) is 2. The van der Waals surface area contributed by atoms with Gasteiger partial charge in [-0.2, -0.15) is 0 Å². The highest BCUT2D eigenvalue weighted by Gasteiger charge is 2.12. The van der Waals surface area contributed by atoms with Crippen LogP contribution in [0.5, 0.6) is 5.75 Å². The zero-order valence-corrected chi connectivity index (χ0v) is 15.3. The number of benzene rings is 2. The predicted molar refractivity (Wildman–Crippen MR) is 103 cm³/mol. The standard InChI is InChI=1S/C21H28N2O2/c1-21(2,3)22-16-20(24)23-18-13-7-8-14-19(18)25-15-9-12-17-10-5-4-6-11-17/h4-8,10-11,13-14,22H,9,12,15-16H2,1-3H3,(H,23,24). The van der Waals surface area contributed by atoms with E-state index >= 15 is 0 Å². The van der Waals surface area contributed by atoms with Crippen molar-refractivity contribution in [2.45, 2.75) is 39.2 Å². The number of hydrogen-bond acceptors (Lipinski definition) is 3. The molecule has 0 unspecified atom stereocenters. The van der Waals surface area contributed by atoms with Gasteiger partial charge in [-0.1, -0.05) is 42.5 Å². The smallest absolute Gasteiger partial charge is 0.238 e. The summed E-state index contributed by atoms with van der Waals surface area (Å²) in [5, 5.41) is 6.09. The Kier molecular flexibility index (Phi) is 7.02. The van der Waals surface area contributed by atoms with Gasteiger partial charge < -0.3 is 15.4 Å². The molecule has 2 aromatic rings. The summed E-state index contributed by atoms with van der Waals surface area (Å²) in [7, 11) is 0. The third kappa shape index (κ3) is 7.40. The van der Waals surface area contributed by atoms with Gasteiger partial charge in [0, 0.05) is 5.54 Å². The van der Waals surface area contributed by atoms with Gasteiger partial charge in [0.05, 0.1) is 18.8 Å². The molecule has 0 saturated heterocycles. The van der Waals surface area contributed by atoms with Gasteiger partial charge in [0.2, 0.25) is 5.91 Å². The minimum Gasteiger partial charge on any atom is -0.491 e. The van der Waals surface area contributed by atoms with Crippen LogP contribution in [0.4, 0.5) is 5.69 Å². The second-order valence-electron chi connectivity index (χ2n) is 7.09. The quantitative estimate of drug-likeness (QED) is 0.714. The second-order valence-corrected chi connectivity index (χ2v) is 7.09. The molecule has 25 heavy (non-hydrogen) atoms. The first kappa shape index (κ1) is 19.0. The normalized spacial score (nSPS) is 11.2. The summed E-state index contributed by atoms with van der Waals surface area (Å²) in [6.07, 6.45) is 1.91. The number of para-hydroxylation sites is 2. The van der Waals surface area contributed by atoms with Crippen molar-refractivity contribution in [1.29, 1.82) is 0 Å². The number of aryl methyl sites for hydroxylation is 1. The Morgan fingerprint density at radius 1 is 1.00 bits per heavy atom. The highest BCUT2D eigenvalue weighted by Crippen LogP contribution is 2.24. The van der Waals surface area contributed by atoms with Crippen molar-refractivity contribution < 1.29 is 9.53 Å². The minimum absolute atomic E-state index is 0.0738. The van der Waals surface area contributed by atoms with Crippen molar-refractivity contribution in [2.24, 2.45) is 0 Å². The van der Waals surface area contributed by atoms with Crippen LogP contribution in [0.3, 0.4) is 0 Å². The van der Waals surface area contributed by atoms with E-state index in [4.69, 9.17) is 4.74 Å². The number of carbonyl (C=O) groups is 1. The number of amides is 1. The van der Waals surface area contributed by atoms with Gasteiger partial charge in [0.15, 0.2) is 0 Å². The zero-order chi connectivity index (χ0) is 18.1. The molecule has 4 nitrogen and oxygen atoms in total. The van der Waals surface area contributed by atoms with Crippen molar-refractivity contribution >= 4 is 11.6 Å². The van der Waals surface area contributed by atoms with E-state index in [9.17, 15) is 4.79 Å². The zero-order valence-electron chi connectivity index (χ0n) is 15.3. The summed E-state index contributed by atoms with van der Waals surface area (Å²) in [6.45, 7) is 6.98. The number of rotatable bonds is 8. The van der Waals surface area contributed by atoms with Gasteiger partial charge >= 0.3 is 0 Å². The first-order valence-electron chi connectivity index (χ1n) is 8.75. The Bertz CT molecular complexity index is 663. The van der Waals surface area contributed by atoms with E-state index in [1.165, 1.54) is 5.56 Å². The minimum atomic E-state index is -0.0925. The summed E-state index contributed by atoms with van der Waals surface area (Å²) >= 11 is 0. The highest BCUT2D eigenvalue weighted by atomic mass is 16.5. The van der Waals surface area contributed by atoms with Crippen LogP contribution in [0.15, 0.2) is 54.6 Å². The van der Waals surface area contributed by atoms with Crippen LogP contribution in [0.25, 0.3) is 0 Å². The molecule has 4 heteroatoms. The Balaban J connectivity index is 1.82. The van der Waals surface area contributed by atoms with Gasteiger partial charge in [-0.05, 0) is 51.3 Å². The fourth-order valence-corrected chi connectivity index (χ4v) is 2.34. The molecule has 0 radical (unpaired) electrons. The first-order valence-corrected chi connectivity index (χ1v) is 8.75. The molecule has 1 amide bonds. The fraction of sp³-hybridized carbons (Fsp3) is 0.381. The molecule has 0 aromatic heterocycles. The molecule has 0 aliphatic heterocycles. The molecule has 2 rings (SSSR count). The lowest BCUT2D eigenvalue weighted by Crippen LogP contribution is -2.41. The van der Waals surface area contributed by atoms with E-state index in [1.807, 2.05) is 63.2 Å². The Morgan fingerprint density at radius 2 is 1.68 bits per heavy atom. The Labute approximate surface area is 150 Å². The van der Waals surface area contributed by atoms with Gasteiger partial charge in [-0.3, -0.25) is 4.79 Å². The maximum Gasteiger partial charge on any atom is 0.238 e. The molecule has 0 heterocycles. The SMILES string of the molecule is CC(C)(C)NCC(=O)Nc1ccccc1OCCCc1ccccc1. The summed E-state index contributed by atoms with van der Waals surface area (Å²) in [6, 6.07) is 17.9. The lowest BCUT2D eigenvalue weighted by molar-refractivity contribution is -0.115. The van der Waals surface area contributed by atoms with E-state index in [1.54, 1.807) is 0 Å². The largest absolute Gasteiger partial charge is 0.491 e. The van der Waals surface area contributed by atoms with E-state index < -0.39 is 0 Å². The van der Waals surface area contributed by atoms with Crippen molar-refractivity contribution in [1.82, 2.24) is 5.32 Å². The molecule has 0 fully saturated rings. The van der Waals surface area contributed by atoms with Crippen molar-refractivity contribution in [3.63, 3.8) is 0 Å². The lowest BCUT2D eigenvalue weighted by Gasteiger charge is -2.20. The monoisotopic (exact) mass is 340 g/mol. The van der Waals surface area contributed by atoms with E-state index in [-0.39, 0.29) is 18.0 Å². The Hall–Kier alpha value is -2.33. The molecule has 0 spiro atoms. The van der Waals surface area contributed by atoms with Gasteiger partial charge in [0.25, 0.3) is 0 Å². The molecular weight excluding hydrogens is 312 g/mol. The van der Waals surface area contributed by atoms with Crippen LogP contribution in [-0.4, -0.2) is 24.6 Å². The molecule has 0 aliphatic rings. The average molecular weight is 340 g/mol. The van der Waals surface area contributed by atoms with Crippen LogP contribution in [0.1, 0.15) is 32.8 Å². The number of hydrogen-bond donors (Lipinski definition) is 2. The number of ether oxygens (including phenoxy) is 1. The van der Waals surface area contributed by atoms with Crippen molar-refractivity contribution in [3.05, 3.63) is 60.2 Å². The molecular formula is C21H28N2O2. The second kappa shape index (κ2) is 9.23. The lowest BCUT2D eigenvalue weighted by atomic mass is 10.1. The summed E-state index contributed by atoms with van der Waals surface area (Å²) in [5.74, 6) is 0.634. The third-order valence-corrected chi connectivity index (χ3v) is 3.65. The van der Waals surface area contributed by atoms with Gasteiger partial charge in [-0.15, -0.1) is 0 Å². The molecule has 0 saturated carbocycles. The highest BCUT2D eigenvalue weighted by molar-refractivity contribution is 5.93. The molecule has 0 atom stereocenters. The number of carbonyl (C=O) groups excluding carboxylic acids is 1. The van der Waals surface area contributed by atoms with Crippen LogP contribution < -0.4 is 15.4 Å². The third-order valence-electron chi connectivity index (χ3n) is 3.65. The fourth-order valence-electron chi connectivity index (χ4n) is 2.34. The van der Waals surface area contributed by atoms with Crippen LogP contribution in [-0.2, 0) is 11.2 Å². The predicted octanol–water partition coefficient (Wildman–Crippen LogP) is 4.02. The maximum absolute atomic E-state index is 12.1. The molecule has 0 bridgehead atoms. The Morgan fingerprint density at radius 3 is 2.40 bits per heavy atom. The van der Waals surface area contributed by atoms with Crippen molar-refractivity contribution in [3.8, 4) is 5.75 Å². The molecule has 2 aromatic carbocycles. The van der Waals surface area contributed by atoms with Gasteiger partial charge in [0.1, 0.15) is 5.75 Å². The van der Waals surface area contributed by atoms with Crippen LogP contribution in [0.2, 0.25) is 0 Å². The summed E-state index contributed by atoms with van der Waals surface area (Å²) in [5.41, 5.74) is 1.93. The van der Waals surface area contributed by atoms with E-state index in [0.29, 0.717) is 18.0 Å². The summed E-state index contributed by atoms with van der Waals surface area (Å²) < 4.78 is 5.87. The van der Waals surface area contributed by atoms with Crippen LogP contribution >= 0.6 is 0 Å². The maximum atomic E-state index is 12.1. The van der Waals surface area contributed by atoms with E-state index in [2.05, 4.69) is 22.8 Å². The molecule has 2 N–H and O–H groups in total. The van der Waals surface area contributed by atoms with Crippen molar-refractivity contribution in [2.75, 3.05) is 18.5 Å². The van der Waals surface area contributed by atoms with Gasteiger partial charge in [-0.25, -0.2) is 0 Å². The molecule has 134 valence electrons. The molecule has 0 aliphatic carbocycles.